The molecule has 7 nitrogen and oxygen atoms in total. The van der Waals surface area contributed by atoms with Gasteiger partial charge in [-0.05, 0) is 43.9 Å². The second-order valence-corrected chi connectivity index (χ2v) is 8.85. The van der Waals surface area contributed by atoms with Crippen LogP contribution in [-0.2, 0) is 6.18 Å². The minimum absolute atomic E-state index is 0.0289. The van der Waals surface area contributed by atoms with E-state index < -0.39 is 72.1 Å². The van der Waals surface area contributed by atoms with Crippen molar-refractivity contribution in [3.05, 3.63) is 41.2 Å². The molecule has 0 atom stereocenters. The minimum atomic E-state index is -4.91. The number of halogens is 9. The van der Waals surface area contributed by atoms with Crippen LogP contribution in [0.2, 0.25) is 0 Å². The first-order valence-corrected chi connectivity index (χ1v) is 11.5. The van der Waals surface area contributed by atoms with Gasteiger partial charge in [0, 0.05) is 6.04 Å². The summed E-state index contributed by atoms with van der Waals surface area (Å²) in [5.41, 5.74) is -2.92. The number of pyridine rings is 1. The zero-order valence-corrected chi connectivity index (χ0v) is 19.7. The number of carbonyl (C=O) groups excluding carboxylic acids is 1. The molecule has 2 aromatic heterocycles. The molecule has 0 radical (unpaired) electrons. The van der Waals surface area contributed by atoms with E-state index in [9.17, 15) is 44.3 Å². The maximum atomic E-state index is 14.2. The number of aromatic nitrogens is 3. The van der Waals surface area contributed by atoms with Crippen molar-refractivity contribution in [1.82, 2.24) is 20.3 Å². The summed E-state index contributed by atoms with van der Waals surface area (Å²) in [4.78, 5) is 23.3. The highest BCUT2D eigenvalue weighted by Crippen LogP contribution is 2.39. The number of nitrogens with one attached hydrogen (secondary N) is 3. The van der Waals surface area contributed by atoms with E-state index in [4.69, 9.17) is 4.74 Å². The lowest BCUT2D eigenvalue weighted by Gasteiger charge is -2.30. The van der Waals surface area contributed by atoms with E-state index in [0.29, 0.717) is 6.07 Å². The number of ether oxygens (including phenoxy) is 1. The van der Waals surface area contributed by atoms with E-state index >= 15 is 0 Å². The Morgan fingerprint density at radius 3 is 2.38 bits per heavy atom. The van der Waals surface area contributed by atoms with Crippen molar-refractivity contribution in [2.24, 2.45) is 5.92 Å². The highest BCUT2D eigenvalue weighted by Gasteiger charge is 2.41. The molecule has 1 aliphatic carbocycles. The third kappa shape index (κ3) is 6.65. The second kappa shape index (κ2) is 10.8. The number of hydrogen-bond donors (Lipinski definition) is 3. The number of para-hydroxylation sites is 1. The molecule has 1 saturated carbocycles. The molecule has 0 spiro atoms. The molecule has 212 valence electrons. The van der Waals surface area contributed by atoms with Crippen molar-refractivity contribution < 1.29 is 49.0 Å². The van der Waals surface area contributed by atoms with Crippen LogP contribution in [0.5, 0.6) is 5.88 Å². The number of imidazole rings is 1. The number of aromatic amines is 1. The third-order valence-electron chi connectivity index (χ3n) is 6.12. The van der Waals surface area contributed by atoms with Crippen molar-refractivity contribution >= 4 is 28.7 Å². The van der Waals surface area contributed by atoms with Gasteiger partial charge in [-0.1, -0.05) is 6.07 Å². The lowest BCUT2D eigenvalue weighted by Crippen LogP contribution is -2.40. The predicted octanol–water partition coefficient (Wildman–Crippen LogP) is 6.35. The van der Waals surface area contributed by atoms with Crippen molar-refractivity contribution in [2.45, 2.75) is 50.5 Å². The molecule has 4 rings (SSSR count). The summed E-state index contributed by atoms with van der Waals surface area (Å²) in [6, 6.07) is 2.77. The molecule has 0 saturated heterocycles. The number of rotatable bonds is 7. The van der Waals surface area contributed by atoms with Gasteiger partial charge in [0.2, 0.25) is 11.8 Å². The van der Waals surface area contributed by atoms with E-state index in [1.165, 1.54) is 0 Å². The Morgan fingerprint density at radius 1 is 1.08 bits per heavy atom. The van der Waals surface area contributed by atoms with Gasteiger partial charge in [-0.15, -0.1) is 0 Å². The molecule has 1 aliphatic rings. The highest BCUT2D eigenvalue weighted by molar-refractivity contribution is 5.99. The first-order chi connectivity index (χ1) is 18.2. The van der Waals surface area contributed by atoms with E-state index in [2.05, 4.69) is 25.6 Å². The van der Waals surface area contributed by atoms with Gasteiger partial charge in [-0.3, -0.25) is 4.79 Å². The van der Waals surface area contributed by atoms with Crippen LogP contribution >= 0.6 is 0 Å². The zero-order chi connectivity index (χ0) is 28.5. The van der Waals surface area contributed by atoms with Crippen molar-refractivity contribution in [3.63, 3.8) is 0 Å². The monoisotopic (exact) mass is 569 g/mol. The third-order valence-corrected chi connectivity index (χ3v) is 6.12. The summed E-state index contributed by atoms with van der Waals surface area (Å²) >= 11 is 0. The molecule has 0 aliphatic heterocycles. The quantitative estimate of drug-likeness (QED) is 0.289. The fourth-order valence-corrected chi connectivity index (χ4v) is 4.23. The van der Waals surface area contributed by atoms with E-state index in [-0.39, 0.29) is 42.4 Å². The SMILES string of the molecule is O=C(NC1CCC(C(F)(F)F)CC1)c1cc2[nH]c(Nc3c(F)cccc3C(F)(F)F)nc2nc1OCC(F)F. The van der Waals surface area contributed by atoms with Gasteiger partial charge in [0.15, 0.2) is 12.3 Å². The number of fused-ring (bicyclic) bond motifs is 1. The van der Waals surface area contributed by atoms with Crippen LogP contribution in [0.4, 0.5) is 51.1 Å². The number of nitrogens with zero attached hydrogens (tertiary/aromatic N) is 2. The fraction of sp³-hybridized carbons (Fsp3) is 0.435. The summed E-state index contributed by atoms with van der Waals surface area (Å²) in [6.45, 7) is -1.16. The Labute approximate surface area is 214 Å². The summed E-state index contributed by atoms with van der Waals surface area (Å²) < 4.78 is 123. The molecule has 3 N–H and O–H groups in total. The molecule has 16 heteroatoms. The molecular formula is C23H20F9N5O2. The van der Waals surface area contributed by atoms with Crippen LogP contribution in [0.3, 0.4) is 0 Å². The van der Waals surface area contributed by atoms with Gasteiger partial charge in [-0.25, -0.2) is 13.2 Å². The molecule has 1 amide bonds. The van der Waals surface area contributed by atoms with E-state index in [0.717, 1.165) is 18.2 Å². The number of alkyl halides is 8. The molecular weight excluding hydrogens is 549 g/mol. The molecule has 39 heavy (non-hydrogen) atoms. The Kier molecular flexibility index (Phi) is 7.84. The number of hydrogen-bond acceptors (Lipinski definition) is 5. The average Bonchev–Trinajstić information content (AvgIpc) is 3.23. The maximum Gasteiger partial charge on any atom is 0.418 e. The summed E-state index contributed by atoms with van der Waals surface area (Å²) in [6.07, 6.45) is -12.6. The van der Waals surface area contributed by atoms with Crippen LogP contribution in [0.1, 0.15) is 41.6 Å². The predicted molar refractivity (Wildman–Crippen MR) is 119 cm³/mol. The topological polar surface area (TPSA) is 91.9 Å². The van der Waals surface area contributed by atoms with Crippen LogP contribution in [-0.4, -0.2) is 46.1 Å². The van der Waals surface area contributed by atoms with Gasteiger partial charge in [0.25, 0.3) is 12.3 Å². The molecule has 0 bridgehead atoms. The van der Waals surface area contributed by atoms with Crippen molar-refractivity contribution in [1.29, 1.82) is 0 Å². The molecule has 3 aromatic rings. The van der Waals surface area contributed by atoms with Gasteiger partial charge >= 0.3 is 12.4 Å². The number of amides is 1. The van der Waals surface area contributed by atoms with Gasteiger partial charge in [0.05, 0.1) is 22.7 Å². The van der Waals surface area contributed by atoms with Crippen LogP contribution in [0, 0.1) is 11.7 Å². The second-order valence-electron chi connectivity index (χ2n) is 8.85. The lowest BCUT2D eigenvalue weighted by atomic mass is 9.85. The largest absolute Gasteiger partial charge is 0.471 e. The minimum Gasteiger partial charge on any atom is -0.471 e. The lowest BCUT2D eigenvalue weighted by molar-refractivity contribution is -0.182. The molecule has 1 fully saturated rings. The van der Waals surface area contributed by atoms with Crippen LogP contribution in [0.15, 0.2) is 24.3 Å². The maximum absolute atomic E-state index is 14.2. The van der Waals surface area contributed by atoms with Crippen molar-refractivity contribution in [3.8, 4) is 5.88 Å². The highest BCUT2D eigenvalue weighted by atomic mass is 19.4. The number of benzene rings is 1. The van der Waals surface area contributed by atoms with Crippen molar-refractivity contribution in [2.75, 3.05) is 11.9 Å². The Balaban J connectivity index is 1.61. The summed E-state index contributed by atoms with van der Waals surface area (Å²) in [7, 11) is 0. The number of anilines is 2. The normalized spacial score (nSPS) is 18.4. The Hall–Kier alpha value is -3.72. The van der Waals surface area contributed by atoms with Gasteiger partial charge in [-0.2, -0.15) is 36.3 Å². The standard InChI is InChI=1S/C23H20F9N5O2/c24-14-3-1-2-13(23(30,31)32)17(14)35-21-34-15-8-12(20(36-18(15)37-21)39-9-16(25)26)19(38)33-11-6-4-10(5-7-11)22(27,28)29/h1-3,8,10-11,16H,4-7,9H2,(H,33,38)(H2,34,35,36,37). The molecule has 1 aromatic carbocycles. The van der Waals surface area contributed by atoms with Crippen LogP contribution < -0.4 is 15.4 Å². The Morgan fingerprint density at radius 2 is 1.77 bits per heavy atom. The number of H-pyrrole nitrogens is 1. The molecule has 2 heterocycles. The van der Waals surface area contributed by atoms with E-state index in [1.807, 2.05) is 0 Å². The first kappa shape index (κ1) is 28.3. The smallest absolute Gasteiger partial charge is 0.418 e. The Bertz CT molecular complexity index is 1330. The van der Waals surface area contributed by atoms with Gasteiger partial charge < -0.3 is 20.4 Å². The number of carbonyl (C=O) groups is 1. The fourth-order valence-electron chi connectivity index (χ4n) is 4.23. The molecule has 0 unspecified atom stereocenters. The van der Waals surface area contributed by atoms with Gasteiger partial charge in [0.1, 0.15) is 11.4 Å². The summed E-state index contributed by atoms with van der Waals surface area (Å²) in [5, 5.41) is 4.72. The van der Waals surface area contributed by atoms with Crippen LogP contribution in [0.25, 0.3) is 11.2 Å². The summed E-state index contributed by atoms with van der Waals surface area (Å²) in [5.74, 6) is -4.59. The first-order valence-electron chi connectivity index (χ1n) is 11.5. The van der Waals surface area contributed by atoms with E-state index in [1.54, 1.807) is 0 Å². The average molecular weight is 569 g/mol. The zero-order valence-electron chi connectivity index (χ0n) is 19.7.